The average Bonchev–Trinajstić information content (AvgIpc) is 2.92. The number of aromatic nitrogens is 3. The number of anilines is 1. The first-order valence-electron chi connectivity index (χ1n) is 6.80. The highest BCUT2D eigenvalue weighted by Crippen LogP contribution is 2.17. The normalized spacial score (nSPS) is 12.1. The number of carbonyl (C=O) groups excluding carboxylic acids is 1. The third kappa shape index (κ3) is 4.09. The molecule has 0 saturated carbocycles. The molecule has 3 N–H and O–H groups in total. The zero-order chi connectivity index (χ0) is 15.2. The maximum absolute atomic E-state index is 14.0. The summed E-state index contributed by atoms with van der Waals surface area (Å²) >= 11 is 0. The highest BCUT2D eigenvalue weighted by atomic mass is 19.1. The van der Waals surface area contributed by atoms with E-state index in [-0.39, 0.29) is 24.1 Å². The van der Waals surface area contributed by atoms with Crippen LogP contribution in [0.2, 0.25) is 0 Å². The van der Waals surface area contributed by atoms with Crippen LogP contribution in [0.4, 0.5) is 10.1 Å². The van der Waals surface area contributed by atoms with E-state index in [1.807, 2.05) is 6.92 Å². The van der Waals surface area contributed by atoms with Crippen molar-refractivity contribution >= 4 is 11.6 Å². The smallest absolute Gasteiger partial charge is 0.225 e. The van der Waals surface area contributed by atoms with Gasteiger partial charge in [0.05, 0.1) is 0 Å². The lowest BCUT2D eigenvalue weighted by atomic mass is 10.1. The molecule has 6 nitrogen and oxygen atoms in total. The van der Waals surface area contributed by atoms with Gasteiger partial charge in [0, 0.05) is 18.2 Å². The first-order valence-corrected chi connectivity index (χ1v) is 6.80. The quantitative estimate of drug-likeness (QED) is 0.850. The number of hydrogen-bond donors (Lipinski definition) is 2. The Labute approximate surface area is 122 Å². The van der Waals surface area contributed by atoms with E-state index in [0.717, 1.165) is 12.8 Å². The molecule has 0 fully saturated rings. The molecule has 0 radical (unpaired) electrons. The Morgan fingerprint density at radius 1 is 1.52 bits per heavy atom. The molecule has 1 aromatic heterocycles. The number of benzene rings is 1. The summed E-state index contributed by atoms with van der Waals surface area (Å²) < 4.78 is 15.3. The molecular weight excluding hydrogens is 273 g/mol. The van der Waals surface area contributed by atoms with Crippen molar-refractivity contribution < 1.29 is 9.18 Å². The maximum atomic E-state index is 14.0. The molecule has 112 valence electrons. The first-order chi connectivity index (χ1) is 10.1. The lowest BCUT2D eigenvalue weighted by Crippen LogP contribution is -2.26. The van der Waals surface area contributed by atoms with Crippen LogP contribution in [0.5, 0.6) is 0 Å². The molecular formula is C14H18FN5O. The number of carbonyl (C=O) groups is 1. The third-order valence-electron chi connectivity index (χ3n) is 3.00. The molecule has 1 unspecified atom stereocenters. The monoisotopic (exact) mass is 291 g/mol. The predicted octanol–water partition coefficient (Wildman–Crippen LogP) is 1.86. The Hall–Kier alpha value is -2.28. The summed E-state index contributed by atoms with van der Waals surface area (Å²) in [6, 6.07) is 4.23. The summed E-state index contributed by atoms with van der Waals surface area (Å²) in [6.45, 7) is 2.01. The zero-order valence-electron chi connectivity index (χ0n) is 11.8. The number of nitrogens with two attached hydrogens (primary N) is 1. The molecule has 2 rings (SSSR count). The van der Waals surface area contributed by atoms with Crippen LogP contribution >= 0.6 is 0 Å². The molecule has 1 amide bonds. The van der Waals surface area contributed by atoms with Gasteiger partial charge in [-0.05, 0) is 24.6 Å². The van der Waals surface area contributed by atoms with Gasteiger partial charge in [-0.25, -0.2) is 14.1 Å². The van der Waals surface area contributed by atoms with Crippen molar-refractivity contribution in [2.75, 3.05) is 5.32 Å². The van der Waals surface area contributed by atoms with Crippen molar-refractivity contribution in [3.05, 3.63) is 36.7 Å². The van der Waals surface area contributed by atoms with Crippen LogP contribution in [-0.2, 0) is 4.79 Å². The van der Waals surface area contributed by atoms with Crippen molar-refractivity contribution in [1.29, 1.82) is 0 Å². The molecule has 0 aliphatic heterocycles. The fourth-order valence-corrected chi connectivity index (χ4v) is 2.03. The number of nitrogens with zero attached hydrogens (tertiary/aromatic N) is 3. The third-order valence-corrected chi connectivity index (χ3v) is 3.00. The van der Waals surface area contributed by atoms with Crippen LogP contribution in [0, 0.1) is 5.82 Å². The van der Waals surface area contributed by atoms with Crippen LogP contribution in [0.25, 0.3) is 5.69 Å². The minimum absolute atomic E-state index is 0.172. The fraction of sp³-hybridized carbons (Fsp3) is 0.357. The predicted molar refractivity (Wildman–Crippen MR) is 77.4 cm³/mol. The molecule has 1 aromatic carbocycles. The Kier molecular flexibility index (Phi) is 4.99. The van der Waals surface area contributed by atoms with Gasteiger partial charge in [0.15, 0.2) is 5.82 Å². The second kappa shape index (κ2) is 6.94. The summed E-state index contributed by atoms with van der Waals surface area (Å²) in [5.74, 6) is -0.708. The van der Waals surface area contributed by atoms with E-state index in [9.17, 15) is 9.18 Å². The lowest BCUT2D eigenvalue weighted by molar-refractivity contribution is -0.116. The number of nitrogens with one attached hydrogen (secondary N) is 1. The average molecular weight is 291 g/mol. The SMILES string of the molecule is CCCC(N)CC(=O)Nc1ccc(-n2cncn2)c(F)c1. The standard InChI is InChI=1S/C14H18FN5O/c1-2-3-10(16)6-14(21)19-11-4-5-13(12(15)7-11)20-9-17-8-18-20/h4-5,7-10H,2-3,6,16H2,1H3,(H,19,21). The van der Waals surface area contributed by atoms with E-state index >= 15 is 0 Å². The van der Waals surface area contributed by atoms with E-state index in [0.29, 0.717) is 5.69 Å². The Morgan fingerprint density at radius 2 is 2.33 bits per heavy atom. The topological polar surface area (TPSA) is 85.8 Å². The number of hydrogen-bond acceptors (Lipinski definition) is 4. The van der Waals surface area contributed by atoms with Gasteiger partial charge in [0.2, 0.25) is 5.91 Å². The zero-order valence-corrected chi connectivity index (χ0v) is 11.8. The first kappa shape index (κ1) is 15.1. The molecule has 1 heterocycles. The van der Waals surface area contributed by atoms with E-state index in [1.165, 1.54) is 29.5 Å². The van der Waals surface area contributed by atoms with Crippen LogP contribution in [-0.4, -0.2) is 26.7 Å². The fourth-order valence-electron chi connectivity index (χ4n) is 2.03. The molecule has 7 heteroatoms. The second-order valence-electron chi connectivity index (χ2n) is 4.81. The van der Waals surface area contributed by atoms with E-state index in [4.69, 9.17) is 5.73 Å². The summed E-state index contributed by atoms with van der Waals surface area (Å²) in [5, 5.41) is 6.50. The molecule has 1 atom stereocenters. The minimum Gasteiger partial charge on any atom is -0.327 e. The van der Waals surface area contributed by atoms with Crippen molar-refractivity contribution in [3.8, 4) is 5.69 Å². The molecule has 21 heavy (non-hydrogen) atoms. The molecule has 0 aliphatic rings. The lowest BCUT2D eigenvalue weighted by Gasteiger charge is -2.11. The van der Waals surface area contributed by atoms with Gasteiger partial charge < -0.3 is 11.1 Å². The van der Waals surface area contributed by atoms with Crippen molar-refractivity contribution in [2.24, 2.45) is 5.73 Å². The Morgan fingerprint density at radius 3 is 2.95 bits per heavy atom. The second-order valence-corrected chi connectivity index (χ2v) is 4.81. The van der Waals surface area contributed by atoms with Gasteiger partial charge in [-0.3, -0.25) is 4.79 Å². The molecule has 0 saturated heterocycles. The maximum Gasteiger partial charge on any atom is 0.225 e. The van der Waals surface area contributed by atoms with Gasteiger partial charge in [0.25, 0.3) is 0 Å². The largest absolute Gasteiger partial charge is 0.327 e. The summed E-state index contributed by atoms with van der Waals surface area (Å²) in [5.41, 5.74) is 6.47. The number of halogens is 1. The summed E-state index contributed by atoms with van der Waals surface area (Å²) in [6.07, 6.45) is 4.66. The molecule has 0 bridgehead atoms. The Balaban J connectivity index is 2.02. The summed E-state index contributed by atoms with van der Waals surface area (Å²) in [7, 11) is 0. The van der Waals surface area contributed by atoms with Gasteiger partial charge in [-0.1, -0.05) is 13.3 Å². The van der Waals surface area contributed by atoms with Crippen LogP contribution in [0.3, 0.4) is 0 Å². The van der Waals surface area contributed by atoms with E-state index < -0.39 is 5.82 Å². The van der Waals surface area contributed by atoms with Gasteiger partial charge in [0.1, 0.15) is 18.3 Å². The van der Waals surface area contributed by atoms with Crippen LogP contribution in [0.15, 0.2) is 30.9 Å². The van der Waals surface area contributed by atoms with Gasteiger partial charge >= 0.3 is 0 Å². The summed E-state index contributed by atoms with van der Waals surface area (Å²) in [4.78, 5) is 15.5. The Bertz CT molecular complexity index is 599. The molecule has 0 spiro atoms. The molecule has 2 aromatic rings. The van der Waals surface area contributed by atoms with Crippen LogP contribution < -0.4 is 11.1 Å². The van der Waals surface area contributed by atoms with E-state index in [1.54, 1.807) is 6.07 Å². The van der Waals surface area contributed by atoms with Gasteiger partial charge in [-0.15, -0.1) is 0 Å². The van der Waals surface area contributed by atoms with E-state index in [2.05, 4.69) is 15.4 Å². The number of rotatable bonds is 6. The molecule has 0 aliphatic carbocycles. The highest BCUT2D eigenvalue weighted by Gasteiger charge is 2.11. The van der Waals surface area contributed by atoms with Crippen LogP contribution in [0.1, 0.15) is 26.2 Å². The van der Waals surface area contributed by atoms with Crippen molar-refractivity contribution in [1.82, 2.24) is 14.8 Å². The highest BCUT2D eigenvalue weighted by molar-refractivity contribution is 5.91. The van der Waals surface area contributed by atoms with Crippen molar-refractivity contribution in [2.45, 2.75) is 32.2 Å². The minimum atomic E-state index is -0.490. The number of amides is 1. The van der Waals surface area contributed by atoms with Gasteiger partial charge in [-0.2, -0.15) is 5.10 Å². The van der Waals surface area contributed by atoms with Crippen molar-refractivity contribution in [3.63, 3.8) is 0 Å².